The van der Waals surface area contributed by atoms with Crippen molar-refractivity contribution in [2.24, 2.45) is 7.05 Å². The number of carbonyl (C=O) groups excluding carboxylic acids is 2. The third kappa shape index (κ3) is 3.81. The van der Waals surface area contributed by atoms with E-state index in [1.54, 1.807) is 17.0 Å². The smallest absolute Gasteiger partial charge is 0.296 e. The van der Waals surface area contributed by atoms with E-state index in [0.717, 1.165) is 12.0 Å². The minimum Gasteiger partial charge on any atom is -0.501 e. The van der Waals surface area contributed by atoms with Crippen LogP contribution >= 0.6 is 0 Å². The number of aromatic nitrogens is 2. The molecule has 1 aromatic carbocycles. The summed E-state index contributed by atoms with van der Waals surface area (Å²) >= 11 is 0. The number of halogens is 1. The molecule has 1 amide bonds. The number of benzene rings is 1. The van der Waals surface area contributed by atoms with Crippen LogP contribution in [0, 0.1) is 5.82 Å². The lowest BCUT2D eigenvalue weighted by Gasteiger charge is -2.24. The van der Waals surface area contributed by atoms with Crippen molar-refractivity contribution in [2.45, 2.75) is 38.6 Å². The number of hydrogen-bond donors (Lipinski definition) is 1. The van der Waals surface area contributed by atoms with Crippen LogP contribution in [-0.2, 0) is 18.3 Å². The number of amides is 1. The zero-order valence-corrected chi connectivity index (χ0v) is 15.8. The van der Waals surface area contributed by atoms with Gasteiger partial charge in [0.15, 0.2) is 11.5 Å². The molecule has 148 valence electrons. The van der Waals surface area contributed by atoms with Crippen LogP contribution in [0.1, 0.15) is 54.1 Å². The van der Waals surface area contributed by atoms with Crippen molar-refractivity contribution < 1.29 is 19.1 Å². The lowest BCUT2D eigenvalue weighted by atomic mass is 10.1. The lowest BCUT2D eigenvalue weighted by Crippen LogP contribution is -2.34. The van der Waals surface area contributed by atoms with E-state index in [-0.39, 0.29) is 23.8 Å². The average molecular weight is 387 g/mol. The first-order valence-electron chi connectivity index (χ1n) is 9.14. The van der Waals surface area contributed by atoms with E-state index in [0.29, 0.717) is 25.2 Å². The van der Waals surface area contributed by atoms with E-state index in [2.05, 4.69) is 4.98 Å². The highest BCUT2D eigenvalue weighted by Crippen LogP contribution is 2.31. The molecule has 1 fully saturated rings. The highest BCUT2D eigenvalue weighted by Gasteiger charge is 2.32. The molecule has 3 rings (SSSR count). The molecule has 1 aromatic heterocycles. The maximum absolute atomic E-state index is 13.0. The predicted molar refractivity (Wildman–Crippen MR) is 99.6 cm³/mol. The van der Waals surface area contributed by atoms with Gasteiger partial charge in [-0.25, -0.2) is 9.37 Å². The van der Waals surface area contributed by atoms with Gasteiger partial charge in [-0.1, -0.05) is 12.1 Å². The van der Waals surface area contributed by atoms with Crippen molar-refractivity contribution >= 4 is 11.7 Å². The molecule has 8 heteroatoms. The minimum atomic E-state index is -0.717. The monoisotopic (exact) mass is 387 g/mol. The number of aromatic hydroxyl groups is 1. The second kappa shape index (κ2) is 7.92. The van der Waals surface area contributed by atoms with Crippen LogP contribution < -0.4 is 5.56 Å². The van der Waals surface area contributed by atoms with Crippen LogP contribution in [-0.4, -0.2) is 37.8 Å². The molecule has 1 aliphatic rings. The van der Waals surface area contributed by atoms with Crippen LogP contribution in [0.2, 0.25) is 0 Å². The Morgan fingerprint density at radius 1 is 1.29 bits per heavy atom. The van der Waals surface area contributed by atoms with Crippen molar-refractivity contribution in [3.8, 4) is 5.75 Å². The zero-order chi connectivity index (χ0) is 20.4. The van der Waals surface area contributed by atoms with E-state index < -0.39 is 23.1 Å². The largest absolute Gasteiger partial charge is 0.501 e. The highest BCUT2D eigenvalue weighted by atomic mass is 19.1. The first kappa shape index (κ1) is 19.7. The molecule has 0 bridgehead atoms. The Labute approximate surface area is 161 Å². The molecular weight excluding hydrogens is 365 g/mol. The molecular formula is C20H22FN3O4. The van der Waals surface area contributed by atoms with Gasteiger partial charge in [0.2, 0.25) is 11.7 Å². The fraction of sp³-hybridized carbons (Fsp3) is 0.400. The Morgan fingerprint density at radius 3 is 2.61 bits per heavy atom. The van der Waals surface area contributed by atoms with Crippen molar-refractivity contribution in [2.75, 3.05) is 6.54 Å². The van der Waals surface area contributed by atoms with E-state index in [1.807, 2.05) is 0 Å². The van der Waals surface area contributed by atoms with Gasteiger partial charge in [0.1, 0.15) is 11.6 Å². The molecule has 0 spiro atoms. The molecule has 1 saturated heterocycles. The molecule has 0 saturated carbocycles. The van der Waals surface area contributed by atoms with Crippen LogP contribution in [0.15, 0.2) is 29.1 Å². The Morgan fingerprint density at radius 2 is 1.96 bits per heavy atom. The molecule has 0 unspecified atom stereocenters. The van der Waals surface area contributed by atoms with Crippen molar-refractivity contribution in [3.05, 3.63) is 57.5 Å². The third-order valence-electron chi connectivity index (χ3n) is 5.07. The van der Waals surface area contributed by atoms with Crippen LogP contribution in [0.4, 0.5) is 4.39 Å². The molecule has 1 atom stereocenters. The summed E-state index contributed by atoms with van der Waals surface area (Å²) in [6, 6.07) is 5.37. The summed E-state index contributed by atoms with van der Waals surface area (Å²) in [4.78, 5) is 42.8. The number of nitrogens with zero attached hydrogens (tertiary/aromatic N) is 3. The maximum atomic E-state index is 13.0. The summed E-state index contributed by atoms with van der Waals surface area (Å²) in [7, 11) is 1.47. The summed E-state index contributed by atoms with van der Waals surface area (Å²) in [6.45, 7) is 2.01. The van der Waals surface area contributed by atoms with Gasteiger partial charge in [-0.15, -0.1) is 0 Å². The molecule has 1 N–H and O–H groups in total. The fourth-order valence-electron chi connectivity index (χ4n) is 3.54. The van der Waals surface area contributed by atoms with Gasteiger partial charge in [-0.2, -0.15) is 0 Å². The van der Waals surface area contributed by atoms with Crippen molar-refractivity contribution in [1.29, 1.82) is 0 Å². The third-order valence-corrected chi connectivity index (χ3v) is 5.07. The summed E-state index contributed by atoms with van der Waals surface area (Å²) in [5, 5.41) is 10.2. The Kier molecular flexibility index (Phi) is 5.58. The zero-order valence-electron chi connectivity index (χ0n) is 15.8. The van der Waals surface area contributed by atoms with Crippen molar-refractivity contribution in [3.63, 3.8) is 0 Å². The topological polar surface area (TPSA) is 92.5 Å². The molecule has 0 radical (unpaired) electrons. The molecule has 1 aliphatic heterocycles. The number of carbonyl (C=O) groups is 2. The van der Waals surface area contributed by atoms with Gasteiger partial charge < -0.3 is 10.0 Å². The lowest BCUT2D eigenvalue weighted by molar-refractivity contribution is -0.129. The quantitative estimate of drug-likeness (QED) is 0.794. The fourth-order valence-corrected chi connectivity index (χ4v) is 3.54. The second-order valence-electron chi connectivity index (χ2n) is 6.95. The van der Waals surface area contributed by atoms with Crippen molar-refractivity contribution in [1.82, 2.24) is 14.5 Å². The maximum Gasteiger partial charge on any atom is 0.296 e. The number of rotatable bonds is 5. The van der Waals surface area contributed by atoms with Crippen LogP contribution in [0.5, 0.6) is 5.75 Å². The molecule has 28 heavy (non-hydrogen) atoms. The SMILES string of the molecule is CC(=O)N1CCC[C@H]1c1nc(C(=O)CCc2ccc(F)cc2)c(O)c(=O)n1C. The Bertz CT molecular complexity index is 969. The molecule has 2 aromatic rings. The summed E-state index contributed by atoms with van der Waals surface area (Å²) < 4.78 is 14.2. The van der Waals surface area contributed by atoms with E-state index in [4.69, 9.17) is 0 Å². The molecule has 7 nitrogen and oxygen atoms in total. The second-order valence-corrected chi connectivity index (χ2v) is 6.95. The van der Waals surface area contributed by atoms with E-state index in [1.165, 1.54) is 30.7 Å². The van der Waals surface area contributed by atoms with Gasteiger partial charge in [-0.3, -0.25) is 19.0 Å². The first-order chi connectivity index (χ1) is 13.3. The first-order valence-corrected chi connectivity index (χ1v) is 9.14. The molecule has 0 aliphatic carbocycles. The summed E-state index contributed by atoms with van der Waals surface area (Å²) in [5.41, 5.74) is -0.238. The number of Topliss-reactive ketones (excluding diaryl/α,β-unsaturated/α-hetero) is 1. The minimum absolute atomic E-state index is 0.0138. The number of ketones is 1. The van der Waals surface area contributed by atoms with Gasteiger partial charge in [0.05, 0.1) is 6.04 Å². The van der Waals surface area contributed by atoms with E-state index >= 15 is 0 Å². The Hall–Kier alpha value is -3.03. The predicted octanol–water partition coefficient (Wildman–Crippen LogP) is 2.12. The van der Waals surface area contributed by atoms with Gasteiger partial charge >= 0.3 is 0 Å². The van der Waals surface area contributed by atoms with E-state index in [9.17, 15) is 23.9 Å². The average Bonchev–Trinajstić information content (AvgIpc) is 3.15. The van der Waals surface area contributed by atoms with Crippen LogP contribution in [0.25, 0.3) is 0 Å². The van der Waals surface area contributed by atoms with Gasteiger partial charge in [0, 0.05) is 26.9 Å². The Balaban J connectivity index is 1.89. The molecule has 2 heterocycles. The normalized spacial score (nSPS) is 16.4. The highest BCUT2D eigenvalue weighted by molar-refractivity contribution is 5.96. The van der Waals surface area contributed by atoms with Gasteiger partial charge in [-0.05, 0) is 37.0 Å². The number of hydrogen-bond acceptors (Lipinski definition) is 5. The van der Waals surface area contributed by atoms with Crippen LogP contribution in [0.3, 0.4) is 0 Å². The number of likely N-dealkylation sites (tertiary alicyclic amines) is 1. The van der Waals surface area contributed by atoms with Gasteiger partial charge in [0.25, 0.3) is 5.56 Å². The summed E-state index contributed by atoms with van der Waals surface area (Å²) in [5.74, 6) is -1.37. The number of aryl methyl sites for hydroxylation is 1. The summed E-state index contributed by atoms with van der Waals surface area (Å²) in [6.07, 6.45) is 1.75. The standard InChI is InChI=1S/C20H22FN3O4/c1-12(25)24-11-3-4-15(24)19-22-17(18(27)20(28)23(19)2)16(26)10-7-13-5-8-14(21)9-6-13/h5-6,8-9,15,27H,3-4,7,10-11H2,1-2H3/t15-/m0/s1.